The van der Waals surface area contributed by atoms with Crippen molar-refractivity contribution in [3.8, 4) is 6.07 Å². The number of nitriles is 1. The van der Waals surface area contributed by atoms with E-state index in [2.05, 4.69) is 27.0 Å². The van der Waals surface area contributed by atoms with Crippen LogP contribution in [-0.4, -0.2) is 40.3 Å². The molecular weight excluding hydrogens is 477 g/mol. The van der Waals surface area contributed by atoms with Crippen molar-refractivity contribution in [2.45, 2.75) is 63.6 Å². The second-order valence-electron chi connectivity index (χ2n) is 9.94. The quantitative estimate of drug-likeness (QED) is 0.437. The number of rotatable bonds is 8. The molecule has 180 valence electrons. The number of aromatic nitrogens is 1. The lowest BCUT2D eigenvalue weighted by atomic mass is 9.92. The zero-order chi connectivity index (χ0) is 24.6. The third-order valence-corrected chi connectivity index (χ3v) is 6.90. The van der Waals surface area contributed by atoms with Crippen molar-refractivity contribution >= 4 is 51.8 Å². The largest absolute Gasteiger partial charge is 0.351 e. The Morgan fingerprint density at radius 1 is 1.21 bits per heavy atom. The second-order valence-corrected chi connectivity index (χ2v) is 10.8. The van der Waals surface area contributed by atoms with Crippen molar-refractivity contribution in [3.63, 3.8) is 0 Å². The minimum absolute atomic E-state index is 0.111. The van der Waals surface area contributed by atoms with Crippen LogP contribution in [0.5, 0.6) is 0 Å². The van der Waals surface area contributed by atoms with E-state index in [1.807, 2.05) is 13.8 Å². The van der Waals surface area contributed by atoms with E-state index < -0.39 is 23.9 Å². The number of fused-ring (bicyclic) bond motifs is 1. The third-order valence-electron chi connectivity index (χ3n) is 6.37. The molecule has 1 saturated heterocycles. The van der Waals surface area contributed by atoms with Crippen molar-refractivity contribution in [2.75, 3.05) is 0 Å². The fraction of sp³-hybridized carbons (Fsp3) is 0.500. The Hall–Kier alpha value is -2.76. The topological polar surface area (TPSA) is 127 Å². The second kappa shape index (κ2) is 9.47. The number of benzene rings is 1. The lowest BCUT2D eigenvalue weighted by Gasteiger charge is -2.21. The molecule has 1 aliphatic carbocycles. The van der Waals surface area contributed by atoms with Gasteiger partial charge in [-0.2, -0.15) is 5.26 Å². The summed E-state index contributed by atoms with van der Waals surface area (Å²) < 4.78 is 0. The number of nitrogens with zero attached hydrogens (tertiary/aromatic N) is 1. The zero-order valence-electron chi connectivity index (χ0n) is 19.0. The van der Waals surface area contributed by atoms with Gasteiger partial charge in [0, 0.05) is 27.4 Å². The van der Waals surface area contributed by atoms with Crippen molar-refractivity contribution in [1.29, 1.82) is 5.26 Å². The van der Waals surface area contributed by atoms with Crippen molar-refractivity contribution in [1.82, 2.24) is 20.9 Å². The summed E-state index contributed by atoms with van der Waals surface area (Å²) in [6.45, 7) is 3.86. The molecule has 3 amide bonds. The molecule has 4 N–H and O–H groups in total. The molecule has 0 unspecified atom stereocenters. The fourth-order valence-electron chi connectivity index (χ4n) is 4.52. The number of halogens is 2. The summed E-state index contributed by atoms with van der Waals surface area (Å²) in [6, 6.07) is 5.35. The molecule has 0 spiro atoms. The first kappa shape index (κ1) is 24.4. The van der Waals surface area contributed by atoms with Gasteiger partial charge in [-0.3, -0.25) is 14.4 Å². The summed E-state index contributed by atoms with van der Waals surface area (Å²) in [6.07, 6.45) is 3.30. The standard InChI is InChI=1S/C24H27Cl2N5O3/c1-24(2)10-13(21(32)31-24)6-15(11-27)28-22(33)19(5-12-3-4-12)30-23(34)20-9-16-17(26)7-14(25)8-18(16)29-20/h7-9,12-13,15,19,29H,3-6,10H2,1-2H3,(H,28,33)(H,30,34)(H,31,32)/t13-,15+,19+/m1/s1. The van der Waals surface area contributed by atoms with Crippen LogP contribution in [0.25, 0.3) is 10.9 Å². The van der Waals surface area contributed by atoms with E-state index >= 15 is 0 Å². The Morgan fingerprint density at radius 3 is 2.56 bits per heavy atom. The van der Waals surface area contributed by atoms with Gasteiger partial charge in [-0.25, -0.2) is 0 Å². The normalized spacial score (nSPS) is 20.9. The van der Waals surface area contributed by atoms with Crippen molar-refractivity contribution < 1.29 is 14.4 Å². The van der Waals surface area contributed by atoms with Crippen LogP contribution in [0, 0.1) is 23.2 Å². The average molecular weight is 504 g/mol. The van der Waals surface area contributed by atoms with E-state index in [1.54, 1.807) is 18.2 Å². The molecule has 2 heterocycles. The predicted octanol–water partition coefficient (Wildman–Crippen LogP) is 3.69. The van der Waals surface area contributed by atoms with Gasteiger partial charge in [0.15, 0.2) is 0 Å². The highest BCUT2D eigenvalue weighted by Crippen LogP contribution is 2.34. The number of hydrogen-bond acceptors (Lipinski definition) is 4. The van der Waals surface area contributed by atoms with Gasteiger partial charge in [0.1, 0.15) is 17.8 Å². The Morgan fingerprint density at radius 2 is 1.94 bits per heavy atom. The van der Waals surface area contributed by atoms with Gasteiger partial charge >= 0.3 is 0 Å². The number of amides is 3. The molecule has 1 aliphatic heterocycles. The van der Waals surface area contributed by atoms with Crippen LogP contribution in [0.4, 0.5) is 0 Å². The van der Waals surface area contributed by atoms with Gasteiger partial charge in [-0.05, 0) is 57.2 Å². The van der Waals surface area contributed by atoms with Gasteiger partial charge in [-0.15, -0.1) is 0 Å². The number of carbonyl (C=O) groups is 3. The first-order valence-corrected chi connectivity index (χ1v) is 12.1. The lowest BCUT2D eigenvalue weighted by molar-refractivity contribution is -0.125. The molecule has 1 aromatic carbocycles. The Kier molecular flexibility index (Phi) is 6.79. The summed E-state index contributed by atoms with van der Waals surface area (Å²) >= 11 is 12.3. The molecule has 2 aromatic rings. The molecule has 4 rings (SSSR count). The smallest absolute Gasteiger partial charge is 0.268 e. The minimum atomic E-state index is -0.829. The molecule has 0 bridgehead atoms. The highest BCUT2D eigenvalue weighted by molar-refractivity contribution is 6.38. The maximum Gasteiger partial charge on any atom is 0.268 e. The fourth-order valence-corrected chi connectivity index (χ4v) is 5.07. The summed E-state index contributed by atoms with van der Waals surface area (Å²) in [7, 11) is 0. The number of aromatic amines is 1. The summed E-state index contributed by atoms with van der Waals surface area (Å²) in [5, 5.41) is 19.6. The van der Waals surface area contributed by atoms with Crippen LogP contribution < -0.4 is 16.0 Å². The Balaban J connectivity index is 1.44. The number of hydrogen-bond donors (Lipinski definition) is 4. The van der Waals surface area contributed by atoms with Crippen molar-refractivity contribution in [3.05, 3.63) is 33.9 Å². The van der Waals surface area contributed by atoms with Crippen LogP contribution in [0.15, 0.2) is 18.2 Å². The lowest BCUT2D eigenvalue weighted by Crippen LogP contribution is -2.50. The average Bonchev–Trinajstić information content (AvgIpc) is 3.39. The van der Waals surface area contributed by atoms with E-state index in [4.69, 9.17) is 23.2 Å². The van der Waals surface area contributed by atoms with Gasteiger partial charge in [0.05, 0.1) is 11.1 Å². The Bertz CT molecular complexity index is 1180. The SMILES string of the molecule is CC1(C)C[C@@H](C[C@@H](C#N)NC(=O)[C@H](CC2CC2)NC(=O)c2cc3c(Cl)cc(Cl)cc3[nH]2)C(=O)N1. The third kappa shape index (κ3) is 5.65. The monoisotopic (exact) mass is 503 g/mol. The van der Waals surface area contributed by atoms with Crippen LogP contribution >= 0.6 is 23.2 Å². The van der Waals surface area contributed by atoms with E-state index in [-0.39, 0.29) is 29.5 Å². The maximum atomic E-state index is 13.1. The van der Waals surface area contributed by atoms with E-state index in [0.29, 0.717) is 39.7 Å². The van der Waals surface area contributed by atoms with Crippen LogP contribution in [-0.2, 0) is 9.59 Å². The van der Waals surface area contributed by atoms with Crippen LogP contribution in [0.1, 0.15) is 56.4 Å². The molecule has 1 aromatic heterocycles. The zero-order valence-corrected chi connectivity index (χ0v) is 20.5. The summed E-state index contributed by atoms with van der Waals surface area (Å²) in [4.78, 5) is 41.2. The highest BCUT2D eigenvalue weighted by atomic mass is 35.5. The predicted molar refractivity (Wildman–Crippen MR) is 129 cm³/mol. The first-order chi connectivity index (χ1) is 16.0. The van der Waals surface area contributed by atoms with E-state index in [9.17, 15) is 19.6 Å². The minimum Gasteiger partial charge on any atom is -0.351 e. The molecule has 8 nitrogen and oxygen atoms in total. The number of nitrogens with one attached hydrogen (secondary N) is 4. The molecule has 2 fully saturated rings. The van der Waals surface area contributed by atoms with Gasteiger partial charge in [0.2, 0.25) is 11.8 Å². The Labute approximate surface area is 207 Å². The van der Waals surface area contributed by atoms with Gasteiger partial charge in [0.25, 0.3) is 5.91 Å². The van der Waals surface area contributed by atoms with E-state index in [1.165, 1.54) is 0 Å². The van der Waals surface area contributed by atoms with Crippen LogP contribution in [0.3, 0.4) is 0 Å². The molecule has 3 atom stereocenters. The first-order valence-electron chi connectivity index (χ1n) is 11.4. The molecule has 2 aliphatic rings. The van der Waals surface area contributed by atoms with Crippen molar-refractivity contribution in [2.24, 2.45) is 11.8 Å². The molecule has 0 radical (unpaired) electrons. The molecule has 1 saturated carbocycles. The molecular formula is C24H27Cl2N5O3. The van der Waals surface area contributed by atoms with Crippen LogP contribution in [0.2, 0.25) is 10.0 Å². The summed E-state index contributed by atoms with van der Waals surface area (Å²) in [5.74, 6) is -0.982. The summed E-state index contributed by atoms with van der Waals surface area (Å²) in [5.41, 5.74) is 0.545. The molecule has 34 heavy (non-hydrogen) atoms. The maximum absolute atomic E-state index is 13.1. The number of carbonyl (C=O) groups excluding carboxylic acids is 3. The van der Waals surface area contributed by atoms with E-state index in [0.717, 1.165) is 12.8 Å². The highest BCUT2D eigenvalue weighted by Gasteiger charge is 2.39. The van der Waals surface area contributed by atoms with Gasteiger partial charge < -0.3 is 20.9 Å². The number of H-pyrrole nitrogens is 1. The van der Waals surface area contributed by atoms with Gasteiger partial charge in [-0.1, -0.05) is 36.0 Å². The molecule has 10 heteroatoms.